The molecular weight excluding hydrogens is 266 g/mol. The summed E-state index contributed by atoms with van der Waals surface area (Å²) in [5.74, 6) is 1.20. The van der Waals surface area contributed by atoms with Crippen molar-refractivity contribution in [2.45, 2.75) is 13.3 Å². The molecule has 0 saturated carbocycles. The summed E-state index contributed by atoms with van der Waals surface area (Å²) in [4.78, 5) is 11.8. The maximum Gasteiger partial charge on any atom is 0.262 e. The monoisotopic (exact) mass is 285 g/mol. The number of benzene rings is 2. The molecule has 2 rings (SSSR count). The van der Waals surface area contributed by atoms with E-state index in [0.717, 1.165) is 17.9 Å². The van der Waals surface area contributed by atoms with Gasteiger partial charge in [-0.05, 0) is 48.4 Å². The van der Waals surface area contributed by atoms with Crippen LogP contribution >= 0.6 is 0 Å². The van der Waals surface area contributed by atoms with Gasteiger partial charge in [-0.15, -0.1) is 0 Å². The van der Waals surface area contributed by atoms with Crippen molar-refractivity contribution in [3.05, 3.63) is 54.1 Å². The molecule has 2 aromatic carbocycles. The largest absolute Gasteiger partial charge is 0.497 e. The highest BCUT2D eigenvalue weighted by molar-refractivity contribution is 5.91. The Morgan fingerprint density at radius 2 is 1.81 bits per heavy atom. The molecule has 0 atom stereocenters. The predicted molar refractivity (Wildman–Crippen MR) is 82.9 cm³/mol. The summed E-state index contributed by atoms with van der Waals surface area (Å²) in [5, 5.41) is 2.82. The fourth-order valence-electron chi connectivity index (χ4n) is 1.89. The zero-order valence-electron chi connectivity index (χ0n) is 12.3. The van der Waals surface area contributed by atoms with Gasteiger partial charge in [0.1, 0.15) is 11.5 Å². The molecule has 0 bridgehead atoms. The molecule has 0 saturated heterocycles. The highest BCUT2D eigenvalue weighted by Gasteiger charge is 2.04. The molecule has 0 spiro atoms. The van der Waals surface area contributed by atoms with E-state index in [4.69, 9.17) is 9.47 Å². The number of carbonyl (C=O) groups is 1. The van der Waals surface area contributed by atoms with E-state index in [1.807, 2.05) is 24.3 Å². The topological polar surface area (TPSA) is 47.6 Å². The van der Waals surface area contributed by atoms with Gasteiger partial charge in [-0.3, -0.25) is 4.79 Å². The lowest BCUT2D eigenvalue weighted by molar-refractivity contribution is -0.118. The Bertz CT molecular complexity index is 593. The van der Waals surface area contributed by atoms with E-state index in [1.165, 1.54) is 5.56 Å². The zero-order valence-corrected chi connectivity index (χ0v) is 12.3. The molecular formula is C17H19NO3. The Kier molecular flexibility index (Phi) is 5.21. The maximum absolute atomic E-state index is 11.8. The van der Waals surface area contributed by atoms with E-state index in [2.05, 4.69) is 12.2 Å². The van der Waals surface area contributed by atoms with Gasteiger partial charge in [0.25, 0.3) is 5.91 Å². The molecule has 0 aliphatic heterocycles. The first-order chi connectivity index (χ1) is 10.2. The van der Waals surface area contributed by atoms with Crippen LogP contribution in [0.3, 0.4) is 0 Å². The minimum atomic E-state index is -0.181. The Morgan fingerprint density at radius 1 is 1.10 bits per heavy atom. The van der Waals surface area contributed by atoms with Crippen LogP contribution in [0.15, 0.2) is 48.5 Å². The molecule has 110 valence electrons. The summed E-state index contributed by atoms with van der Waals surface area (Å²) >= 11 is 0. The molecule has 0 radical (unpaired) electrons. The standard InChI is InChI=1S/C17H19NO3/c1-3-13-5-4-6-14(11-13)18-17(19)12-21-16-9-7-15(20-2)8-10-16/h4-11H,3,12H2,1-2H3,(H,18,19). The number of carbonyl (C=O) groups excluding carboxylic acids is 1. The van der Waals surface area contributed by atoms with Gasteiger partial charge >= 0.3 is 0 Å². The van der Waals surface area contributed by atoms with Gasteiger partial charge in [0.2, 0.25) is 0 Å². The number of aryl methyl sites for hydroxylation is 1. The summed E-state index contributed by atoms with van der Waals surface area (Å²) < 4.78 is 10.5. The average molecular weight is 285 g/mol. The van der Waals surface area contributed by atoms with Crippen LogP contribution in [0.25, 0.3) is 0 Å². The molecule has 2 aromatic rings. The summed E-state index contributed by atoms with van der Waals surface area (Å²) in [5.41, 5.74) is 1.97. The van der Waals surface area contributed by atoms with Crippen molar-refractivity contribution >= 4 is 11.6 Å². The summed E-state index contributed by atoms with van der Waals surface area (Å²) in [7, 11) is 1.60. The van der Waals surface area contributed by atoms with E-state index in [9.17, 15) is 4.79 Å². The molecule has 1 N–H and O–H groups in total. The van der Waals surface area contributed by atoms with E-state index in [0.29, 0.717) is 5.75 Å². The summed E-state index contributed by atoms with van der Waals surface area (Å²) in [6.07, 6.45) is 0.937. The molecule has 0 heterocycles. The fraction of sp³-hybridized carbons (Fsp3) is 0.235. The highest BCUT2D eigenvalue weighted by atomic mass is 16.5. The van der Waals surface area contributed by atoms with Crippen molar-refractivity contribution in [3.63, 3.8) is 0 Å². The van der Waals surface area contributed by atoms with Gasteiger partial charge in [-0.2, -0.15) is 0 Å². The number of nitrogens with one attached hydrogen (secondary N) is 1. The van der Waals surface area contributed by atoms with Crippen LogP contribution in [0.4, 0.5) is 5.69 Å². The minimum absolute atomic E-state index is 0.0251. The van der Waals surface area contributed by atoms with E-state index in [-0.39, 0.29) is 12.5 Å². The third-order valence-corrected chi connectivity index (χ3v) is 3.05. The fourth-order valence-corrected chi connectivity index (χ4v) is 1.89. The molecule has 0 fully saturated rings. The Balaban J connectivity index is 1.86. The Morgan fingerprint density at radius 3 is 2.48 bits per heavy atom. The van der Waals surface area contributed by atoms with Gasteiger partial charge in [-0.1, -0.05) is 19.1 Å². The summed E-state index contributed by atoms with van der Waals surface area (Å²) in [6.45, 7) is 2.05. The number of hydrogen-bond donors (Lipinski definition) is 1. The number of methoxy groups -OCH3 is 1. The lowest BCUT2D eigenvalue weighted by atomic mass is 10.1. The van der Waals surface area contributed by atoms with Crippen LogP contribution in [-0.2, 0) is 11.2 Å². The zero-order chi connectivity index (χ0) is 15.1. The van der Waals surface area contributed by atoms with Gasteiger partial charge in [0.15, 0.2) is 6.61 Å². The van der Waals surface area contributed by atoms with Gasteiger partial charge in [0.05, 0.1) is 7.11 Å². The second-order valence-electron chi connectivity index (χ2n) is 4.57. The normalized spacial score (nSPS) is 10.0. The number of ether oxygens (including phenoxy) is 2. The molecule has 21 heavy (non-hydrogen) atoms. The first kappa shape index (κ1) is 14.9. The second-order valence-corrected chi connectivity index (χ2v) is 4.57. The second kappa shape index (κ2) is 7.33. The van der Waals surface area contributed by atoms with Crippen LogP contribution in [0.1, 0.15) is 12.5 Å². The van der Waals surface area contributed by atoms with Crippen molar-refractivity contribution in [1.29, 1.82) is 0 Å². The predicted octanol–water partition coefficient (Wildman–Crippen LogP) is 3.28. The van der Waals surface area contributed by atoms with Gasteiger partial charge in [-0.25, -0.2) is 0 Å². The van der Waals surface area contributed by atoms with E-state index >= 15 is 0 Å². The van der Waals surface area contributed by atoms with E-state index in [1.54, 1.807) is 31.4 Å². The van der Waals surface area contributed by atoms with E-state index < -0.39 is 0 Å². The van der Waals surface area contributed by atoms with Crippen molar-refractivity contribution in [2.75, 3.05) is 19.0 Å². The van der Waals surface area contributed by atoms with Crippen LogP contribution in [-0.4, -0.2) is 19.6 Å². The first-order valence-corrected chi connectivity index (χ1v) is 6.87. The lowest BCUT2D eigenvalue weighted by Gasteiger charge is -2.09. The Hall–Kier alpha value is -2.49. The third-order valence-electron chi connectivity index (χ3n) is 3.05. The molecule has 0 unspecified atom stereocenters. The number of amides is 1. The third kappa shape index (κ3) is 4.53. The van der Waals surface area contributed by atoms with Crippen LogP contribution in [0, 0.1) is 0 Å². The van der Waals surface area contributed by atoms with Crippen LogP contribution in [0.2, 0.25) is 0 Å². The highest BCUT2D eigenvalue weighted by Crippen LogP contribution is 2.17. The molecule has 1 amide bonds. The maximum atomic E-state index is 11.8. The Labute approximate surface area is 124 Å². The van der Waals surface area contributed by atoms with Crippen LogP contribution < -0.4 is 14.8 Å². The molecule has 4 heteroatoms. The van der Waals surface area contributed by atoms with Gasteiger partial charge in [0, 0.05) is 5.69 Å². The number of anilines is 1. The van der Waals surface area contributed by atoms with Crippen molar-refractivity contribution < 1.29 is 14.3 Å². The van der Waals surface area contributed by atoms with Crippen molar-refractivity contribution in [1.82, 2.24) is 0 Å². The molecule has 4 nitrogen and oxygen atoms in total. The quantitative estimate of drug-likeness (QED) is 0.886. The molecule has 0 aliphatic carbocycles. The lowest BCUT2D eigenvalue weighted by Crippen LogP contribution is -2.20. The van der Waals surface area contributed by atoms with Gasteiger partial charge < -0.3 is 14.8 Å². The minimum Gasteiger partial charge on any atom is -0.497 e. The number of rotatable bonds is 6. The van der Waals surface area contributed by atoms with Crippen molar-refractivity contribution in [2.24, 2.45) is 0 Å². The smallest absolute Gasteiger partial charge is 0.262 e. The van der Waals surface area contributed by atoms with Crippen LogP contribution in [0.5, 0.6) is 11.5 Å². The van der Waals surface area contributed by atoms with Crippen molar-refractivity contribution in [3.8, 4) is 11.5 Å². The number of hydrogen-bond acceptors (Lipinski definition) is 3. The molecule has 0 aromatic heterocycles. The summed E-state index contributed by atoms with van der Waals surface area (Å²) in [6, 6.07) is 14.9. The average Bonchev–Trinajstić information content (AvgIpc) is 2.53. The molecule has 0 aliphatic rings. The SMILES string of the molecule is CCc1cccc(NC(=O)COc2ccc(OC)cc2)c1. The first-order valence-electron chi connectivity index (χ1n) is 6.87.